The molecule has 1 aromatic carbocycles. The summed E-state index contributed by atoms with van der Waals surface area (Å²) in [4.78, 5) is 18.0. The molecule has 1 aliphatic heterocycles. The number of imidazole rings is 1. The number of β-amino-alcohol motifs (C(OH)–C–C–N with tert-alkyl or cyclic N) is 1. The van der Waals surface area contributed by atoms with Crippen LogP contribution in [0.4, 0.5) is 8.78 Å². The van der Waals surface area contributed by atoms with Gasteiger partial charge in [-0.25, -0.2) is 13.8 Å². The van der Waals surface area contributed by atoms with Crippen LogP contribution in [0.15, 0.2) is 30.7 Å². The van der Waals surface area contributed by atoms with E-state index in [4.69, 9.17) is 0 Å². The predicted octanol–water partition coefficient (Wildman–Crippen LogP) is 1.65. The fraction of sp³-hybridized carbons (Fsp3) is 0.333. The summed E-state index contributed by atoms with van der Waals surface area (Å²) in [5.41, 5.74) is 0.712. The third-order valence-corrected chi connectivity index (χ3v) is 3.79. The Balaban J connectivity index is 1.91. The van der Waals surface area contributed by atoms with Crippen LogP contribution in [0.25, 0.3) is 0 Å². The monoisotopic (exact) mass is 307 g/mol. The van der Waals surface area contributed by atoms with Crippen LogP contribution in [0, 0.1) is 11.6 Å². The molecule has 0 bridgehead atoms. The van der Waals surface area contributed by atoms with Gasteiger partial charge in [0.1, 0.15) is 5.69 Å². The van der Waals surface area contributed by atoms with Crippen LogP contribution >= 0.6 is 0 Å². The Kier molecular flexibility index (Phi) is 3.66. The van der Waals surface area contributed by atoms with Gasteiger partial charge in [-0.3, -0.25) is 4.79 Å². The van der Waals surface area contributed by atoms with Crippen LogP contribution in [0.3, 0.4) is 0 Å². The number of hydrogen-bond acceptors (Lipinski definition) is 3. The summed E-state index contributed by atoms with van der Waals surface area (Å²) in [6.45, 7) is 0.138. The minimum Gasteiger partial charge on any atom is -0.391 e. The second-order valence-corrected chi connectivity index (χ2v) is 5.46. The fourth-order valence-corrected chi connectivity index (χ4v) is 2.74. The van der Waals surface area contributed by atoms with Gasteiger partial charge in [-0.2, -0.15) is 0 Å². The van der Waals surface area contributed by atoms with Gasteiger partial charge in [-0.15, -0.1) is 0 Å². The molecule has 7 heteroatoms. The summed E-state index contributed by atoms with van der Waals surface area (Å²) < 4.78 is 28.1. The molecule has 0 unspecified atom stereocenters. The van der Waals surface area contributed by atoms with Crippen LogP contribution in [0.2, 0.25) is 0 Å². The van der Waals surface area contributed by atoms with E-state index < -0.39 is 23.8 Å². The summed E-state index contributed by atoms with van der Waals surface area (Å²) >= 11 is 0. The molecule has 5 nitrogen and oxygen atoms in total. The maximum absolute atomic E-state index is 13.4. The second kappa shape index (κ2) is 5.49. The number of aromatic nitrogens is 2. The highest BCUT2D eigenvalue weighted by Gasteiger charge is 2.36. The number of aryl methyl sites for hydroxylation is 1. The lowest BCUT2D eigenvalue weighted by Crippen LogP contribution is -2.32. The number of hydrogen-bond donors (Lipinski definition) is 1. The SMILES string of the molecule is Cn1cnc(C(=O)N2C[C@@H](O)C[C@H]2c2ccc(F)c(F)c2)c1. The molecule has 2 atom stereocenters. The smallest absolute Gasteiger partial charge is 0.274 e. The molecule has 0 saturated carbocycles. The van der Waals surface area contributed by atoms with E-state index in [0.717, 1.165) is 12.1 Å². The number of benzene rings is 1. The van der Waals surface area contributed by atoms with Crippen molar-refractivity contribution >= 4 is 5.91 Å². The zero-order valence-corrected chi connectivity index (χ0v) is 11.9. The van der Waals surface area contributed by atoms with Gasteiger partial charge in [0.2, 0.25) is 0 Å². The quantitative estimate of drug-likeness (QED) is 0.918. The van der Waals surface area contributed by atoms with Crippen molar-refractivity contribution < 1.29 is 18.7 Å². The topological polar surface area (TPSA) is 58.4 Å². The summed E-state index contributed by atoms with van der Waals surface area (Å²) in [6.07, 6.45) is 2.66. The highest BCUT2D eigenvalue weighted by atomic mass is 19.2. The third kappa shape index (κ3) is 2.59. The van der Waals surface area contributed by atoms with Gasteiger partial charge < -0.3 is 14.6 Å². The number of nitrogens with zero attached hydrogens (tertiary/aromatic N) is 3. The Morgan fingerprint density at radius 1 is 1.36 bits per heavy atom. The van der Waals surface area contributed by atoms with E-state index in [1.54, 1.807) is 17.8 Å². The first-order chi connectivity index (χ1) is 10.5. The van der Waals surface area contributed by atoms with Crippen LogP contribution in [-0.4, -0.2) is 38.1 Å². The van der Waals surface area contributed by atoms with E-state index in [1.807, 2.05) is 0 Å². The van der Waals surface area contributed by atoms with Gasteiger partial charge >= 0.3 is 0 Å². The largest absolute Gasteiger partial charge is 0.391 e. The zero-order valence-electron chi connectivity index (χ0n) is 11.9. The Morgan fingerprint density at radius 3 is 2.77 bits per heavy atom. The fourth-order valence-electron chi connectivity index (χ4n) is 2.74. The van der Waals surface area contributed by atoms with E-state index >= 15 is 0 Å². The molecule has 0 aliphatic carbocycles. The number of aliphatic hydroxyl groups excluding tert-OH is 1. The third-order valence-electron chi connectivity index (χ3n) is 3.79. The van der Waals surface area contributed by atoms with Crippen LogP contribution in [-0.2, 0) is 7.05 Å². The maximum atomic E-state index is 13.4. The van der Waals surface area contributed by atoms with Crippen molar-refractivity contribution in [2.24, 2.45) is 7.05 Å². The van der Waals surface area contributed by atoms with Gasteiger partial charge in [-0.1, -0.05) is 6.07 Å². The van der Waals surface area contributed by atoms with Gasteiger partial charge in [0, 0.05) is 19.8 Å². The van der Waals surface area contributed by atoms with Crippen molar-refractivity contribution in [3.8, 4) is 0 Å². The molecule has 1 aliphatic rings. The first kappa shape index (κ1) is 14.6. The molecule has 0 radical (unpaired) electrons. The standard InChI is InChI=1S/C15H15F2N3O2/c1-19-7-13(18-8-19)15(22)20-6-10(21)5-14(20)9-2-3-11(16)12(17)4-9/h2-4,7-8,10,14,21H,5-6H2,1H3/t10-,14-/m0/s1. The molecular formula is C15H15F2N3O2. The normalized spacial score (nSPS) is 21.4. The van der Waals surface area contributed by atoms with Crippen molar-refractivity contribution in [2.75, 3.05) is 6.54 Å². The molecule has 2 heterocycles. The average molecular weight is 307 g/mol. The van der Waals surface area contributed by atoms with E-state index in [1.165, 1.54) is 17.3 Å². The summed E-state index contributed by atoms with van der Waals surface area (Å²) in [7, 11) is 1.75. The van der Waals surface area contributed by atoms with E-state index in [0.29, 0.717) is 5.56 Å². The number of likely N-dealkylation sites (tertiary alicyclic amines) is 1. The molecule has 0 spiro atoms. The first-order valence-electron chi connectivity index (χ1n) is 6.87. The minimum absolute atomic E-state index is 0.138. The lowest BCUT2D eigenvalue weighted by atomic mass is 10.0. The van der Waals surface area contributed by atoms with Crippen molar-refractivity contribution in [3.05, 3.63) is 53.6 Å². The number of carbonyl (C=O) groups is 1. The molecule has 1 aromatic heterocycles. The average Bonchev–Trinajstić information content (AvgIpc) is 3.07. The molecule has 1 saturated heterocycles. The zero-order chi connectivity index (χ0) is 15.9. The van der Waals surface area contributed by atoms with Crippen LogP contribution in [0.1, 0.15) is 28.5 Å². The molecule has 3 rings (SSSR count). The van der Waals surface area contributed by atoms with Crippen molar-refractivity contribution in [2.45, 2.75) is 18.6 Å². The summed E-state index contributed by atoms with van der Waals surface area (Å²) in [5, 5.41) is 9.87. The second-order valence-electron chi connectivity index (χ2n) is 5.46. The van der Waals surface area contributed by atoms with E-state index in [-0.39, 0.29) is 24.6 Å². The maximum Gasteiger partial charge on any atom is 0.274 e. The summed E-state index contributed by atoms with van der Waals surface area (Å²) in [6, 6.07) is 3.02. The van der Waals surface area contributed by atoms with Gasteiger partial charge in [0.25, 0.3) is 5.91 Å². The first-order valence-corrected chi connectivity index (χ1v) is 6.87. The molecule has 22 heavy (non-hydrogen) atoms. The predicted molar refractivity (Wildman–Crippen MR) is 74.0 cm³/mol. The highest BCUT2D eigenvalue weighted by Crippen LogP contribution is 2.33. The lowest BCUT2D eigenvalue weighted by molar-refractivity contribution is 0.0710. The number of rotatable bonds is 2. The Labute approximate surface area is 125 Å². The Hall–Kier alpha value is -2.28. The van der Waals surface area contributed by atoms with Gasteiger partial charge in [0.05, 0.1) is 18.5 Å². The van der Waals surface area contributed by atoms with Crippen molar-refractivity contribution in [3.63, 3.8) is 0 Å². The number of amides is 1. The number of aliphatic hydroxyl groups is 1. The Bertz CT molecular complexity index is 717. The molecule has 116 valence electrons. The van der Waals surface area contributed by atoms with Crippen molar-refractivity contribution in [1.82, 2.24) is 14.5 Å². The van der Waals surface area contributed by atoms with E-state index in [2.05, 4.69) is 4.98 Å². The number of carbonyl (C=O) groups excluding carboxylic acids is 1. The molecule has 1 amide bonds. The minimum atomic E-state index is -0.968. The van der Waals surface area contributed by atoms with Gasteiger partial charge in [-0.05, 0) is 24.1 Å². The molecular weight excluding hydrogens is 292 g/mol. The van der Waals surface area contributed by atoms with Crippen LogP contribution in [0.5, 0.6) is 0 Å². The highest BCUT2D eigenvalue weighted by molar-refractivity contribution is 5.92. The Morgan fingerprint density at radius 2 is 2.14 bits per heavy atom. The van der Waals surface area contributed by atoms with Crippen molar-refractivity contribution in [1.29, 1.82) is 0 Å². The van der Waals surface area contributed by atoms with E-state index in [9.17, 15) is 18.7 Å². The number of halogens is 2. The van der Waals surface area contributed by atoms with Crippen LogP contribution < -0.4 is 0 Å². The molecule has 2 aromatic rings. The molecule has 1 N–H and O–H groups in total. The lowest BCUT2D eigenvalue weighted by Gasteiger charge is -2.24. The summed E-state index contributed by atoms with van der Waals surface area (Å²) in [5.74, 6) is -2.25. The molecule has 1 fully saturated rings. The van der Waals surface area contributed by atoms with Gasteiger partial charge in [0.15, 0.2) is 11.6 Å².